The molecule has 3 rings (SSSR count). The zero-order valence-corrected chi connectivity index (χ0v) is 23.5. The van der Waals surface area contributed by atoms with Crippen LogP contribution < -0.4 is 9.62 Å². The van der Waals surface area contributed by atoms with Crippen molar-refractivity contribution in [2.24, 2.45) is 0 Å². The standard InChI is InChI=1S/C30H35F2N3O4S/c1-3-19-33-30(37)28(21-23-10-5-4-6-11-23)34(22-24-12-7-8-13-27(24)32)29(36)14-9-20-35(40(2,38)39)26-17-15-25(31)16-18-26/h4-8,10-13,15-18,28H,3,9,14,19-22H2,1-2H3,(H,33,37)/t28-/m0/s1. The van der Waals surface area contributed by atoms with E-state index in [1.54, 1.807) is 18.2 Å². The molecule has 1 N–H and O–H groups in total. The third-order valence-electron chi connectivity index (χ3n) is 6.39. The molecule has 0 aromatic heterocycles. The molecule has 214 valence electrons. The molecule has 0 unspecified atom stereocenters. The van der Waals surface area contributed by atoms with E-state index >= 15 is 0 Å². The SMILES string of the molecule is CCCNC(=O)[C@H](Cc1ccccc1)N(Cc1ccccc1F)C(=O)CCCN(c1ccc(F)cc1)S(C)(=O)=O. The van der Waals surface area contributed by atoms with E-state index in [9.17, 15) is 26.8 Å². The van der Waals surface area contributed by atoms with E-state index < -0.39 is 33.6 Å². The number of benzene rings is 3. The summed E-state index contributed by atoms with van der Waals surface area (Å²) in [5.41, 5.74) is 1.38. The monoisotopic (exact) mass is 571 g/mol. The van der Waals surface area contributed by atoms with Crippen molar-refractivity contribution in [1.29, 1.82) is 0 Å². The fraction of sp³-hybridized carbons (Fsp3) is 0.333. The van der Waals surface area contributed by atoms with Crippen LogP contribution in [-0.2, 0) is 32.6 Å². The first-order valence-electron chi connectivity index (χ1n) is 13.2. The molecule has 0 radical (unpaired) electrons. The predicted octanol–water partition coefficient (Wildman–Crippen LogP) is 4.68. The number of carbonyl (C=O) groups is 2. The largest absolute Gasteiger partial charge is 0.354 e. The zero-order valence-electron chi connectivity index (χ0n) is 22.7. The second-order valence-electron chi connectivity index (χ2n) is 9.52. The summed E-state index contributed by atoms with van der Waals surface area (Å²) in [6.45, 7) is 2.18. The Hall–Kier alpha value is -3.79. The van der Waals surface area contributed by atoms with Crippen molar-refractivity contribution >= 4 is 27.5 Å². The second-order valence-corrected chi connectivity index (χ2v) is 11.4. The van der Waals surface area contributed by atoms with Gasteiger partial charge in [0.1, 0.15) is 17.7 Å². The van der Waals surface area contributed by atoms with Crippen molar-refractivity contribution in [2.45, 2.75) is 45.2 Å². The lowest BCUT2D eigenvalue weighted by Crippen LogP contribution is -2.50. The average Bonchev–Trinajstić information content (AvgIpc) is 2.93. The molecule has 7 nitrogen and oxygen atoms in total. The smallest absolute Gasteiger partial charge is 0.243 e. The molecule has 2 amide bonds. The zero-order chi connectivity index (χ0) is 29.1. The summed E-state index contributed by atoms with van der Waals surface area (Å²) in [6.07, 6.45) is 2.01. The van der Waals surface area contributed by atoms with E-state index in [0.29, 0.717) is 13.0 Å². The lowest BCUT2D eigenvalue weighted by molar-refractivity contribution is -0.141. The number of hydrogen-bond acceptors (Lipinski definition) is 4. The van der Waals surface area contributed by atoms with Gasteiger partial charge in [0.05, 0.1) is 11.9 Å². The van der Waals surface area contributed by atoms with Crippen molar-refractivity contribution in [3.05, 3.63) is 102 Å². The molecule has 3 aromatic carbocycles. The molecular formula is C30H35F2N3O4S. The molecule has 0 aliphatic heterocycles. The van der Waals surface area contributed by atoms with E-state index in [0.717, 1.165) is 28.3 Å². The van der Waals surface area contributed by atoms with Gasteiger partial charge in [0, 0.05) is 38.0 Å². The average molecular weight is 572 g/mol. The summed E-state index contributed by atoms with van der Waals surface area (Å²) in [4.78, 5) is 28.4. The van der Waals surface area contributed by atoms with Crippen molar-refractivity contribution < 1.29 is 26.8 Å². The first-order chi connectivity index (χ1) is 19.1. The van der Waals surface area contributed by atoms with Crippen LogP contribution in [0.4, 0.5) is 14.5 Å². The second kappa shape index (κ2) is 14.6. The van der Waals surface area contributed by atoms with Crippen LogP contribution in [0.2, 0.25) is 0 Å². The van der Waals surface area contributed by atoms with Crippen molar-refractivity contribution in [1.82, 2.24) is 10.2 Å². The number of amides is 2. The van der Waals surface area contributed by atoms with Crippen molar-refractivity contribution in [2.75, 3.05) is 23.7 Å². The van der Waals surface area contributed by atoms with Crippen LogP contribution in [0.5, 0.6) is 0 Å². The summed E-state index contributed by atoms with van der Waals surface area (Å²) in [5, 5.41) is 2.86. The van der Waals surface area contributed by atoms with Crippen molar-refractivity contribution in [3.8, 4) is 0 Å². The topological polar surface area (TPSA) is 86.8 Å². The number of anilines is 1. The molecule has 0 bridgehead atoms. The maximum atomic E-state index is 14.7. The summed E-state index contributed by atoms with van der Waals surface area (Å²) in [5.74, 6) is -1.75. The Balaban J connectivity index is 1.87. The number of nitrogens with one attached hydrogen (secondary N) is 1. The molecule has 0 heterocycles. The summed E-state index contributed by atoms with van der Waals surface area (Å²) >= 11 is 0. The molecule has 0 spiro atoms. The highest BCUT2D eigenvalue weighted by atomic mass is 32.2. The van der Waals surface area contributed by atoms with Gasteiger partial charge in [-0.1, -0.05) is 55.5 Å². The number of hydrogen-bond donors (Lipinski definition) is 1. The van der Waals surface area contributed by atoms with Gasteiger partial charge < -0.3 is 10.2 Å². The molecule has 0 fully saturated rings. The van der Waals surface area contributed by atoms with Crippen LogP contribution in [0.25, 0.3) is 0 Å². The fourth-order valence-electron chi connectivity index (χ4n) is 4.34. The molecule has 0 aliphatic rings. The molecule has 1 atom stereocenters. The lowest BCUT2D eigenvalue weighted by Gasteiger charge is -2.32. The van der Waals surface area contributed by atoms with Gasteiger partial charge in [0.15, 0.2) is 0 Å². The van der Waals surface area contributed by atoms with Crippen LogP contribution >= 0.6 is 0 Å². The first-order valence-corrected chi connectivity index (χ1v) is 15.0. The van der Waals surface area contributed by atoms with E-state index in [4.69, 9.17) is 0 Å². The summed E-state index contributed by atoms with van der Waals surface area (Å²) in [6, 6.07) is 19.5. The van der Waals surface area contributed by atoms with Gasteiger partial charge in [-0.25, -0.2) is 17.2 Å². The highest BCUT2D eigenvalue weighted by molar-refractivity contribution is 7.92. The van der Waals surface area contributed by atoms with E-state index in [1.165, 1.54) is 23.1 Å². The summed E-state index contributed by atoms with van der Waals surface area (Å²) < 4.78 is 54.1. The molecular weight excluding hydrogens is 536 g/mol. The normalized spacial score (nSPS) is 12.0. The Labute approximate surface area is 234 Å². The molecule has 0 saturated carbocycles. The third kappa shape index (κ3) is 8.87. The lowest BCUT2D eigenvalue weighted by atomic mass is 10.0. The van der Waals surface area contributed by atoms with E-state index in [2.05, 4.69) is 5.32 Å². The molecule has 10 heteroatoms. The Bertz CT molecular complexity index is 1370. The Kier molecular flexibility index (Phi) is 11.2. The number of nitrogens with zero attached hydrogens (tertiary/aromatic N) is 2. The minimum absolute atomic E-state index is 0.0326. The van der Waals surface area contributed by atoms with Crippen LogP contribution in [0, 0.1) is 11.6 Å². The van der Waals surface area contributed by atoms with Gasteiger partial charge >= 0.3 is 0 Å². The molecule has 0 aliphatic carbocycles. The van der Waals surface area contributed by atoms with Gasteiger partial charge in [0.2, 0.25) is 21.8 Å². The Morgan fingerprint density at radius 1 is 0.925 bits per heavy atom. The van der Waals surface area contributed by atoms with Gasteiger partial charge in [0.25, 0.3) is 0 Å². The van der Waals surface area contributed by atoms with Crippen LogP contribution in [0.15, 0.2) is 78.9 Å². The van der Waals surface area contributed by atoms with Gasteiger partial charge in [-0.15, -0.1) is 0 Å². The maximum absolute atomic E-state index is 14.7. The van der Waals surface area contributed by atoms with Crippen LogP contribution in [0.3, 0.4) is 0 Å². The minimum atomic E-state index is -3.71. The van der Waals surface area contributed by atoms with Gasteiger partial charge in [-0.2, -0.15) is 0 Å². The van der Waals surface area contributed by atoms with Gasteiger partial charge in [-0.05, 0) is 48.7 Å². The fourth-order valence-corrected chi connectivity index (χ4v) is 5.31. The molecule has 3 aromatic rings. The van der Waals surface area contributed by atoms with Crippen molar-refractivity contribution in [3.63, 3.8) is 0 Å². The quantitative estimate of drug-likeness (QED) is 0.305. The number of rotatable bonds is 14. The first kappa shape index (κ1) is 30.7. The van der Waals surface area contributed by atoms with E-state index in [-0.39, 0.29) is 49.5 Å². The van der Waals surface area contributed by atoms with Gasteiger partial charge in [-0.3, -0.25) is 13.9 Å². The minimum Gasteiger partial charge on any atom is -0.354 e. The van der Waals surface area contributed by atoms with E-state index in [1.807, 2.05) is 37.3 Å². The predicted molar refractivity (Wildman–Crippen MR) is 152 cm³/mol. The Morgan fingerprint density at radius 2 is 1.57 bits per heavy atom. The Morgan fingerprint density at radius 3 is 2.20 bits per heavy atom. The van der Waals surface area contributed by atoms with Crippen LogP contribution in [-0.4, -0.2) is 50.5 Å². The molecule has 0 saturated heterocycles. The highest BCUT2D eigenvalue weighted by Crippen LogP contribution is 2.21. The number of sulfonamides is 1. The summed E-state index contributed by atoms with van der Waals surface area (Å²) in [7, 11) is -3.71. The number of carbonyl (C=O) groups excluding carboxylic acids is 2. The third-order valence-corrected chi connectivity index (χ3v) is 7.58. The van der Waals surface area contributed by atoms with Crippen LogP contribution in [0.1, 0.15) is 37.3 Å². The highest BCUT2D eigenvalue weighted by Gasteiger charge is 2.31. The number of halogens is 2. The molecule has 40 heavy (non-hydrogen) atoms. The maximum Gasteiger partial charge on any atom is 0.243 e.